The van der Waals surface area contributed by atoms with Crippen LogP contribution < -0.4 is 5.32 Å². The fourth-order valence-electron chi connectivity index (χ4n) is 2.95. The van der Waals surface area contributed by atoms with Gasteiger partial charge >= 0.3 is 5.97 Å². The molecule has 20 heavy (non-hydrogen) atoms. The lowest BCUT2D eigenvalue weighted by Gasteiger charge is -2.29. The van der Waals surface area contributed by atoms with Crippen molar-refractivity contribution in [2.75, 3.05) is 0 Å². The zero-order chi connectivity index (χ0) is 14.5. The summed E-state index contributed by atoms with van der Waals surface area (Å²) in [6, 6.07) is 8.08. The Labute approximate surface area is 119 Å². The summed E-state index contributed by atoms with van der Waals surface area (Å²) in [4.78, 5) is 10.9. The third kappa shape index (κ3) is 4.23. The van der Waals surface area contributed by atoms with Gasteiger partial charge in [-0.2, -0.15) is 0 Å². The molecule has 1 aliphatic rings. The minimum absolute atomic E-state index is 0.152. The Morgan fingerprint density at radius 1 is 1.25 bits per heavy atom. The average molecular weight is 277 g/mol. The lowest BCUT2D eigenvalue weighted by atomic mass is 9.85. The molecule has 0 spiro atoms. The number of phenols is 1. The summed E-state index contributed by atoms with van der Waals surface area (Å²) < 4.78 is 0. The molecule has 0 aromatic heterocycles. The number of phenolic OH excluding ortho intramolecular Hbond substituents is 1. The van der Waals surface area contributed by atoms with Crippen molar-refractivity contribution in [3.63, 3.8) is 0 Å². The normalized spacial score (nSPS) is 24.2. The van der Waals surface area contributed by atoms with Crippen LogP contribution in [0.3, 0.4) is 0 Å². The number of hydrogen-bond acceptors (Lipinski definition) is 3. The quantitative estimate of drug-likeness (QED) is 0.773. The molecule has 1 unspecified atom stereocenters. The third-order valence-electron chi connectivity index (χ3n) is 4.07. The van der Waals surface area contributed by atoms with Crippen LogP contribution in [0.4, 0.5) is 0 Å². The summed E-state index contributed by atoms with van der Waals surface area (Å²) >= 11 is 0. The first-order valence-corrected chi connectivity index (χ1v) is 7.31. The second kappa shape index (κ2) is 6.75. The number of aromatic hydroxyl groups is 1. The maximum absolute atomic E-state index is 10.9. The van der Waals surface area contributed by atoms with Gasteiger partial charge in [0.1, 0.15) is 5.75 Å². The Kier molecular flexibility index (Phi) is 5.01. The van der Waals surface area contributed by atoms with Crippen molar-refractivity contribution >= 4 is 5.97 Å². The number of hydrogen-bond donors (Lipinski definition) is 3. The molecule has 4 heteroatoms. The minimum atomic E-state index is -0.652. The zero-order valence-electron chi connectivity index (χ0n) is 11.9. The van der Waals surface area contributed by atoms with E-state index in [1.54, 1.807) is 12.1 Å². The average Bonchev–Trinajstić information content (AvgIpc) is 2.42. The topological polar surface area (TPSA) is 69.6 Å². The van der Waals surface area contributed by atoms with Gasteiger partial charge in [0, 0.05) is 12.1 Å². The Morgan fingerprint density at radius 2 is 1.85 bits per heavy atom. The number of nitrogens with one attached hydrogen (secondary N) is 1. The first-order valence-electron chi connectivity index (χ1n) is 7.31. The molecule has 0 saturated heterocycles. The molecule has 0 bridgehead atoms. The van der Waals surface area contributed by atoms with E-state index < -0.39 is 5.97 Å². The molecule has 1 aromatic rings. The Balaban J connectivity index is 1.76. The van der Waals surface area contributed by atoms with Crippen LogP contribution in [0.2, 0.25) is 0 Å². The standard InChI is InChI=1S/C16H23NO3/c1-11(10-12-2-8-15(18)9-3-12)17-14-6-4-13(5-7-14)16(19)20/h2-3,8-9,11,13-14,17-18H,4-7,10H2,1H3,(H,19,20). The molecule has 1 aromatic carbocycles. The third-order valence-corrected chi connectivity index (χ3v) is 4.07. The monoisotopic (exact) mass is 277 g/mol. The minimum Gasteiger partial charge on any atom is -0.508 e. The molecule has 4 nitrogen and oxygen atoms in total. The van der Waals surface area contributed by atoms with Crippen molar-refractivity contribution in [2.24, 2.45) is 5.92 Å². The van der Waals surface area contributed by atoms with Gasteiger partial charge in [-0.1, -0.05) is 12.1 Å². The Bertz CT molecular complexity index is 436. The van der Waals surface area contributed by atoms with Crippen LogP contribution >= 0.6 is 0 Å². The van der Waals surface area contributed by atoms with Crippen LogP contribution in [0.5, 0.6) is 5.75 Å². The molecule has 1 aliphatic carbocycles. The van der Waals surface area contributed by atoms with E-state index in [2.05, 4.69) is 12.2 Å². The highest BCUT2D eigenvalue weighted by Gasteiger charge is 2.26. The van der Waals surface area contributed by atoms with Crippen molar-refractivity contribution in [3.8, 4) is 5.75 Å². The molecule has 0 aliphatic heterocycles. The van der Waals surface area contributed by atoms with E-state index in [4.69, 9.17) is 5.11 Å². The van der Waals surface area contributed by atoms with Crippen molar-refractivity contribution < 1.29 is 15.0 Å². The van der Waals surface area contributed by atoms with Crippen LogP contribution in [-0.4, -0.2) is 28.3 Å². The highest BCUT2D eigenvalue weighted by molar-refractivity contribution is 5.70. The molecule has 2 rings (SSSR count). The number of carboxylic acids is 1. The number of rotatable bonds is 5. The fourth-order valence-corrected chi connectivity index (χ4v) is 2.95. The summed E-state index contributed by atoms with van der Waals surface area (Å²) in [6.07, 6.45) is 4.35. The summed E-state index contributed by atoms with van der Waals surface area (Å²) in [7, 11) is 0. The van der Waals surface area contributed by atoms with Crippen LogP contribution in [-0.2, 0) is 11.2 Å². The van der Waals surface area contributed by atoms with E-state index in [0.717, 1.165) is 32.1 Å². The predicted molar refractivity (Wildman–Crippen MR) is 77.8 cm³/mol. The number of benzene rings is 1. The molecular weight excluding hydrogens is 254 g/mol. The van der Waals surface area contributed by atoms with Gasteiger partial charge in [-0.3, -0.25) is 4.79 Å². The molecular formula is C16H23NO3. The van der Waals surface area contributed by atoms with E-state index in [-0.39, 0.29) is 5.92 Å². The first-order chi connectivity index (χ1) is 9.54. The molecule has 1 fully saturated rings. The van der Waals surface area contributed by atoms with E-state index >= 15 is 0 Å². The van der Waals surface area contributed by atoms with Crippen molar-refractivity contribution in [1.82, 2.24) is 5.32 Å². The lowest BCUT2D eigenvalue weighted by molar-refractivity contribution is -0.142. The van der Waals surface area contributed by atoms with Gasteiger partial charge in [-0.25, -0.2) is 0 Å². The predicted octanol–water partition coefficient (Wildman–Crippen LogP) is 2.56. The maximum Gasteiger partial charge on any atom is 0.306 e. The van der Waals surface area contributed by atoms with Gasteiger partial charge in [0.15, 0.2) is 0 Å². The highest BCUT2D eigenvalue weighted by atomic mass is 16.4. The SMILES string of the molecule is CC(Cc1ccc(O)cc1)NC1CCC(C(=O)O)CC1. The molecule has 0 amide bonds. The van der Waals surface area contributed by atoms with Crippen molar-refractivity contribution in [2.45, 2.75) is 51.1 Å². The van der Waals surface area contributed by atoms with Crippen LogP contribution in [0, 0.1) is 5.92 Å². The summed E-state index contributed by atoms with van der Waals surface area (Å²) in [5.41, 5.74) is 1.20. The van der Waals surface area contributed by atoms with E-state index in [1.807, 2.05) is 12.1 Å². The van der Waals surface area contributed by atoms with Crippen LogP contribution in [0.15, 0.2) is 24.3 Å². The maximum atomic E-state index is 10.9. The van der Waals surface area contributed by atoms with Crippen LogP contribution in [0.1, 0.15) is 38.2 Å². The van der Waals surface area contributed by atoms with Gasteiger partial charge in [0.05, 0.1) is 5.92 Å². The zero-order valence-corrected chi connectivity index (χ0v) is 11.9. The van der Waals surface area contributed by atoms with E-state index in [0.29, 0.717) is 17.8 Å². The van der Waals surface area contributed by atoms with Gasteiger partial charge in [0.2, 0.25) is 0 Å². The summed E-state index contributed by atoms with van der Waals surface area (Å²) in [5, 5.41) is 21.8. The molecule has 110 valence electrons. The second-order valence-corrected chi connectivity index (χ2v) is 5.83. The van der Waals surface area contributed by atoms with Gasteiger partial charge < -0.3 is 15.5 Å². The fraction of sp³-hybridized carbons (Fsp3) is 0.562. The van der Waals surface area contributed by atoms with Crippen molar-refractivity contribution in [3.05, 3.63) is 29.8 Å². The summed E-state index contributed by atoms with van der Waals surface area (Å²) in [5.74, 6) is -0.512. The number of aliphatic carboxylic acids is 1. The first kappa shape index (κ1) is 14.9. The Morgan fingerprint density at radius 3 is 2.40 bits per heavy atom. The number of carbonyl (C=O) groups is 1. The van der Waals surface area contributed by atoms with Gasteiger partial charge in [0.25, 0.3) is 0 Å². The smallest absolute Gasteiger partial charge is 0.306 e. The van der Waals surface area contributed by atoms with Gasteiger partial charge in [-0.05, 0) is 56.7 Å². The highest BCUT2D eigenvalue weighted by Crippen LogP contribution is 2.25. The number of carboxylic acid groups (broad SMARTS) is 1. The Hall–Kier alpha value is -1.55. The molecule has 0 radical (unpaired) electrons. The molecule has 1 atom stereocenters. The largest absolute Gasteiger partial charge is 0.508 e. The van der Waals surface area contributed by atoms with Gasteiger partial charge in [-0.15, -0.1) is 0 Å². The molecule has 0 heterocycles. The van der Waals surface area contributed by atoms with E-state index in [1.165, 1.54) is 5.56 Å². The second-order valence-electron chi connectivity index (χ2n) is 5.83. The lowest BCUT2D eigenvalue weighted by Crippen LogP contribution is -2.40. The van der Waals surface area contributed by atoms with E-state index in [9.17, 15) is 9.90 Å². The van der Waals surface area contributed by atoms with Crippen LogP contribution in [0.25, 0.3) is 0 Å². The van der Waals surface area contributed by atoms with Crippen molar-refractivity contribution in [1.29, 1.82) is 0 Å². The summed E-state index contributed by atoms with van der Waals surface area (Å²) in [6.45, 7) is 2.15. The molecule has 3 N–H and O–H groups in total. The molecule has 1 saturated carbocycles.